The maximum Gasteiger partial charge on any atom is 0.294 e. The van der Waals surface area contributed by atoms with Gasteiger partial charge in [-0.1, -0.05) is 60.2 Å². The minimum Gasteiger partial charge on any atom is -0.503 e. The lowest BCUT2D eigenvalue weighted by Crippen LogP contribution is -2.31. The number of hydrogen-bond acceptors (Lipinski definition) is 6. The summed E-state index contributed by atoms with van der Waals surface area (Å²) >= 11 is 1.26. The smallest absolute Gasteiger partial charge is 0.294 e. The van der Waals surface area contributed by atoms with Crippen molar-refractivity contribution in [1.82, 2.24) is 4.98 Å². The van der Waals surface area contributed by atoms with Crippen LogP contribution in [0, 0.1) is 20.8 Å². The fraction of sp³-hybridized carbons (Fsp3) is 0.167. The third kappa shape index (κ3) is 4.32. The molecule has 2 heterocycles. The molecular weight excluding hydrogens is 484 g/mol. The van der Waals surface area contributed by atoms with Crippen LogP contribution in [-0.2, 0) is 4.79 Å². The molecule has 1 aliphatic heterocycles. The number of ketones is 1. The van der Waals surface area contributed by atoms with Gasteiger partial charge in [0.15, 0.2) is 5.76 Å². The molecule has 7 heteroatoms. The van der Waals surface area contributed by atoms with Gasteiger partial charge in [0, 0.05) is 11.3 Å². The highest BCUT2D eigenvalue weighted by atomic mass is 32.1. The number of aromatic nitrogens is 1. The van der Waals surface area contributed by atoms with E-state index in [1.807, 2.05) is 74.5 Å². The zero-order valence-corrected chi connectivity index (χ0v) is 21.8. The quantitative estimate of drug-likeness (QED) is 0.299. The maximum absolute atomic E-state index is 14.1. The van der Waals surface area contributed by atoms with Crippen LogP contribution >= 0.6 is 11.3 Å². The van der Waals surface area contributed by atoms with E-state index in [-0.39, 0.29) is 5.57 Å². The molecule has 6 nitrogen and oxygen atoms in total. The highest BCUT2D eigenvalue weighted by molar-refractivity contribution is 7.17. The SMILES string of the molecule is COc1cccc(C2C(C(=O)c3sc(-c4ccccc4)nc3C)=C(O)C(=O)N2c2ccc(C)cc2C)c1. The van der Waals surface area contributed by atoms with Gasteiger partial charge < -0.3 is 9.84 Å². The van der Waals surface area contributed by atoms with E-state index in [1.165, 1.54) is 16.2 Å². The van der Waals surface area contributed by atoms with Crippen LogP contribution in [0.3, 0.4) is 0 Å². The van der Waals surface area contributed by atoms with E-state index >= 15 is 0 Å². The first-order chi connectivity index (χ1) is 17.8. The van der Waals surface area contributed by atoms with Crippen LogP contribution in [0.15, 0.2) is 84.1 Å². The van der Waals surface area contributed by atoms with E-state index in [4.69, 9.17) is 4.74 Å². The van der Waals surface area contributed by atoms with Gasteiger partial charge in [-0.25, -0.2) is 4.98 Å². The largest absolute Gasteiger partial charge is 0.503 e. The number of carbonyl (C=O) groups is 2. The molecule has 1 N–H and O–H groups in total. The van der Waals surface area contributed by atoms with Gasteiger partial charge in [-0.15, -0.1) is 11.3 Å². The average molecular weight is 511 g/mol. The molecule has 0 aliphatic carbocycles. The molecule has 5 rings (SSSR count). The number of hydrogen-bond donors (Lipinski definition) is 1. The molecule has 186 valence electrons. The summed E-state index contributed by atoms with van der Waals surface area (Å²) < 4.78 is 5.43. The number of ether oxygens (including phenoxy) is 1. The number of rotatable bonds is 6. The Bertz CT molecular complexity index is 1560. The standard InChI is InChI=1S/C30H26N2O4S/c1-17-13-14-23(18(2)15-17)32-25(21-11-8-12-22(16-21)36-4)24(27(34)30(32)35)26(33)28-19(3)31-29(37-28)20-9-6-5-7-10-20/h5-16,25,34H,1-4H3. The molecule has 0 fully saturated rings. The third-order valence-corrected chi connectivity index (χ3v) is 7.70. The van der Waals surface area contributed by atoms with E-state index in [0.29, 0.717) is 32.6 Å². The van der Waals surface area contributed by atoms with Crippen LogP contribution in [0.2, 0.25) is 0 Å². The monoisotopic (exact) mass is 510 g/mol. The first-order valence-corrected chi connectivity index (χ1v) is 12.7. The summed E-state index contributed by atoms with van der Waals surface area (Å²) in [6.45, 7) is 5.66. The number of benzene rings is 3. The maximum atomic E-state index is 14.1. The highest BCUT2D eigenvalue weighted by Crippen LogP contribution is 2.44. The molecule has 0 bridgehead atoms. The average Bonchev–Trinajstić information content (AvgIpc) is 3.42. The van der Waals surface area contributed by atoms with Gasteiger partial charge in [-0.2, -0.15) is 0 Å². The van der Waals surface area contributed by atoms with E-state index in [9.17, 15) is 14.7 Å². The van der Waals surface area contributed by atoms with E-state index < -0.39 is 23.5 Å². The Morgan fingerprint density at radius 3 is 2.46 bits per heavy atom. The Balaban J connectivity index is 1.66. The zero-order valence-electron chi connectivity index (χ0n) is 21.0. The minimum atomic E-state index is -0.835. The number of aliphatic hydroxyl groups is 1. The van der Waals surface area contributed by atoms with Gasteiger partial charge in [0.05, 0.1) is 29.3 Å². The number of Topliss-reactive ketones (excluding diaryl/α,β-unsaturated/α-hetero) is 1. The third-order valence-electron chi connectivity index (χ3n) is 6.50. The number of anilines is 1. The molecule has 0 saturated heterocycles. The second-order valence-corrected chi connectivity index (χ2v) is 10.0. The van der Waals surface area contributed by atoms with Crippen LogP contribution in [0.1, 0.15) is 38.1 Å². The van der Waals surface area contributed by atoms with Crippen molar-refractivity contribution in [2.75, 3.05) is 12.0 Å². The van der Waals surface area contributed by atoms with E-state index in [1.54, 1.807) is 26.2 Å². The normalized spacial score (nSPS) is 15.4. The van der Waals surface area contributed by atoms with Crippen molar-refractivity contribution in [3.63, 3.8) is 0 Å². The molecule has 3 aromatic carbocycles. The summed E-state index contributed by atoms with van der Waals surface area (Å²) in [5, 5.41) is 11.9. The van der Waals surface area contributed by atoms with Crippen molar-refractivity contribution in [1.29, 1.82) is 0 Å². The van der Waals surface area contributed by atoms with Crippen molar-refractivity contribution < 1.29 is 19.4 Å². The summed E-state index contributed by atoms with van der Waals surface area (Å²) in [5.74, 6) is -0.993. The molecule has 1 unspecified atom stereocenters. The molecule has 0 radical (unpaired) electrons. The topological polar surface area (TPSA) is 79.7 Å². The fourth-order valence-corrected chi connectivity index (χ4v) is 5.75. The van der Waals surface area contributed by atoms with Crippen molar-refractivity contribution in [2.45, 2.75) is 26.8 Å². The highest BCUT2D eigenvalue weighted by Gasteiger charge is 2.45. The Morgan fingerprint density at radius 2 is 1.76 bits per heavy atom. The first kappa shape index (κ1) is 24.5. The van der Waals surface area contributed by atoms with Crippen LogP contribution in [0.25, 0.3) is 10.6 Å². The van der Waals surface area contributed by atoms with Crippen molar-refractivity contribution in [3.05, 3.63) is 111 Å². The van der Waals surface area contributed by atoms with Crippen LogP contribution < -0.4 is 9.64 Å². The molecule has 0 spiro atoms. The number of aliphatic hydroxyl groups excluding tert-OH is 1. The van der Waals surface area contributed by atoms with Gasteiger partial charge in [0.2, 0.25) is 5.78 Å². The number of thiazole rings is 1. The molecule has 0 saturated carbocycles. The van der Waals surface area contributed by atoms with E-state index in [0.717, 1.165) is 16.7 Å². The van der Waals surface area contributed by atoms with Crippen molar-refractivity contribution in [3.8, 4) is 16.3 Å². The van der Waals surface area contributed by atoms with Crippen LogP contribution in [0.5, 0.6) is 5.75 Å². The second kappa shape index (κ2) is 9.67. The lowest BCUT2D eigenvalue weighted by molar-refractivity contribution is -0.117. The predicted octanol–water partition coefficient (Wildman–Crippen LogP) is 6.53. The zero-order chi connectivity index (χ0) is 26.3. The minimum absolute atomic E-state index is 0.0320. The Hall–Kier alpha value is -4.23. The molecule has 1 atom stereocenters. The molecule has 37 heavy (non-hydrogen) atoms. The summed E-state index contributed by atoms with van der Waals surface area (Å²) in [7, 11) is 1.56. The van der Waals surface area contributed by atoms with Gasteiger partial charge in [-0.3, -0.25) is 14.5 Å². The number of aryl methyl sites for hydroxylation is 3. The van der Waals surface area contributed by atoms with Crippen LogP contribution in [-0.4, -0.2) is 28.9 Å². The van der Waals surface area contributed by atoms with Gasteiger partial charge >= 0.3 is 0 Å². The number of methoxy groups -OCH3 is 1. The molecule has 1 aromatic heterocycles. The molecular formula is C30H26N2O4S. The number of carbonyl (C=O) groups excluding carboxylic acids is 2. The summed E-state index contributed by atoms with van der Waals surface area (Å²) in [4.78, 5) is 34.1. The summed E-state index contributed by atoms with van der Waals surface area (Å²) in [5.41, 5.74) is 4.68. The lowest BCUT2D eigenvalue weighted by Gasteiger charge is -2.28. The molecule has 4 aromatic rings. The van der Waals surface area contributed by atoms with E-state index in [2.05, 4.69) is 4.98 Å². The number of amides is 1. The second-order valence-electron chi connectivity index (χ2n) is 9.04. The summed E-state index contributed by atoms with van der Waals surface area (Å²) in [6.07, 6.45) is 0. The van der Waals surface area contributed by atoms with Crippen molar-refractivity contribution in [2.24, 2.45) is 0 Å². The van der Waals surface area contributed by atoms with Crippen molar-refractivity contribution >= 4 is 28.7 Å². The number of nitrogens with zero attached hydrogens (tertiary/aromatic N) is 2. The Morgan fingerprint density at radius 1 is 1.00 bits per heavy atom. The predicted molar refractivity (Wildman–Crippen MR) is 145 cm³/mol. The van der Waals surface area contributed by atoms with Gasteiger partial charge in [0.1, 0.15) is 10.8 Å². The molecule has 1 aliphatic rings. The van der Waals surface area contributed by atoms with Gasteiger partial charge in [0.25, 0.3) is 5.91 Å². The van der Waals surface area contributed by atoms with Crippen LogP contribution in [0.4, 0.5) is 5.69 Å². The van der Waals surface area contributed by atoms with Gasteiger partial charge in [-0.05, 0) is 50.1 Å². The fourth-order valence-electron chi connectivity index (χ4n) is 4.72. The lowest BCUT2D eigenvalue weighted by atomic mass is 9.94. The summed E-state index contributed by atoms with van der Waals surface area (Å²) in [6, 6.07) is 21.7. The Labute approximate surface area is 219 Å². The molecule has 1 amide bonds. The first-order valence-electron chi connectivity index (χ1n) is 11.9. The Kier molecular flexibility index (Phi) is 6.39.